The van der Waals surface area contributed by atoms with E-state index >= 15 is 0 Å². The van der Waals surface area contributed by atoms with Crippen molar-refractivity contribution in [2.24, 2.45) is 0 Å². The average Bonchev–Trinajstić information content (AvgIpc) is 2.55. The zero-order valence-electron chi connectivity index (χ0n) is 15.4. The van der Waals surface area contributed by atoms with E-state index in [1.54, 1.807) is 6.07 Å². The lowest BCUT2D eigenvalue weighted by Crippen LogP contribution is -2.30. The molecule has 0 fully saturated rings. The Labute approximate surface area is 162 Å². The molecule has 0 unspecified atom stereocenters. The van der Waals surface area contributed by atoms with Crippen LogP contribution >= 0.6 is 15.9 Å². The summed E-state index contributed by atoms with van der Waals surface area (Å²) >= 11 is 3.41. The molecule has 2 rings (SSSR count). The first-order valence-corrected chi connectivity index (χ1v) is 9.27. The number of aryl methyl sites for hydroxylation is 2. The molecule has 2 aromatic carbocycles. The van der Waals surface area contributed by atoms with Crippen LogP contribution in [0.5, 0.6) is 0 Å². The third-order valence-electron chi connectivity index (χ3n) is 3.81. The SMILES string of the molecule is Cc1cc(C(=O)NC(C)C)ccc1NCC(=O)Nc1ccc(Br)cc1C. The van der Waals surface area contributed by atoms with E-state index in [1.807, 2.05) is 58.0 Å². The molecule has 0 bridgehead atoms. The second kappa shape index (κ2) is 8.85. The smallest absolute Gasteiger partial charge is 0.251 e. The Morgan fingerprint density at radius 2 is 1.65 bits per heavy atom. The van der Waals surface area contributed by atoms with Crippen molar-refractivity contribution in [1.29, 1.82) is 0 Å². The molecule has 0 radical (unpaired) electrons. The molecule has 0 saturated carbocycles. The van der Waals surface area contributed by atoms with Crippen molar-refractivity contribution in [2.75, 3.05) is 17.2 Å². The number of amides is 2. The zero-order chi connectivity index (χ0) is 19.3. The minimum Gasteiger partial charge on any atom is -0.376 e. The molecule has 3 N–H and O–H groups in total. The third kappa shape index (κ3) is 5.59. The first-order chi connectivity index (χ1) is 12.3. The average molecular weight is 418 g/mol. The fourth-order valence-electron chi connectivity index (χ4n) is 2.49. The molecule has 0 heterocycles. The van der Waals surface area contributed by atoms with Crippen molar-refractivity contribution in [2.45, 2.75) is 33.7 Å². The molecule has 2 aromatic rings. The summed E-state index contributed by atoms with van der Waals surface area (Å²) < 4.78 is 0.975. The second-order valence-corrected chi connectivity index (χ2v) is 7.43. The first-order valence-electron chi connectivity index (χ1n) is 8.47. The molecular weight excluding hydrogens is 394 g/mol. The fourth-order valence-corrected chi connectivity index (χ4v) is 2.96. The molecule has 0 aliphatic heterocycles. The van der Waals surface area contributed by atoms with E-state index < -0.39 is 0 Å². The number of halogens is 1. The Morgan fingerprint density at radius 3 is 2.27 bits per heavy atom. The van der Waals surface area contributed by atoms with Crippen LogP contribution in [0.1, 0.15) is 35.3 Å². The quantitative estimate of drug-likeness (QED) is 0.657. The van der Waals surface area contributed by atoms with Crippen molar-refractivity contribution in [3.05, 3.63) is 57.6 Å². The highest BCUT2D eigenvalue weighted by molar-refractivity contribution is 9.10. The van der Waals surface area contributed by atoms with E-state index in [0.717, 1.165) is 27.0 Å². The lowest BCUT2D eigenvalue weighted by atomic mass is 10.1. The summed E-state index contributed by atoms with van der Waals surface area (Å²) in [7, 11) is 0. The van der Waals surface area contributed by atoms with Crippen LogP contribution in [0.15, 0.2) is 40.9 Å². The number of hydrogen-bond donors (Lipinski definition) is 3. The summed E-state index contributed by atoms with van der Waals surface area (Å²) in [6, 6.07) is 11.2. The fraction of sp³-hybridized carbons (Fsp3) is 0.300. The van der Waals surface area contributed by atoms with Crippen LogP contribution in [-0.4, -0.2) is 24.4 Å². The minimum absolute atomic E-state index is 0.0892. The lowest BCUT2D eigenvalue weighted by molar-refractivity contribution is -0.114. The molecule has 0 spiro atoms. The molecule has 0 atom stereocenters. The largest absolute Gasteiger partial charge is 0.376 e. The van der Waals surface area contributed by atoms with Crippen molar-refractivity contribution < 1.29 is 9.59 Å². The van der Waals surface area contributed by atoms with E-state index in [2.05, 4.69) is 31.9 Å². The van der Waals surface area contributed by atoms with Gasteiger partial charge in [-0.3, -0.25) is 9.59 Å². The highest BCUT2D eigenvalue weighted by Gasteiger charge is 2.10. The van der Waals surface area contributed by atoms with E-state index in [1.165, 1.54) is 0 Å². The van der Waals surface area contributed by atoms with Crippen LogP contribution in [0.4, 0.5) is 11.4 Å². The van der Waals surface area contributed by atoms with E-state index in [4.69, 9.17) is 0 Å². The highest BCUT2D eigenvalue weighted by atomic mass is 79.9. The monoisotopic (exact) mass is 417 g/mol. The van der Waals surface area contributed by atoms with Crippen LogP contribution in [-0.2, 0) is 4.79 Å². The molecule has 6 heteroatoms. The number of benzene rings is 2. The van der Waals surface area contributed by atoms with Gasteiger partial charge in [0.05, 0.1) is 6.54 Å². The summed E-state index contributed by atoms with van der Waals surface area (Å²) in [5, 5.41) is 8.88. The van der Waals surface area contributed by atoms with Crippen molar-refractivity contribution in [1.82, 2.24) is 5.32 Å². The summed E-state index contributed by atoms with van der Waals surface area (Å²) in [6.07, 6.45) is 0. The topological polar surface area (TPSA) is 70.2 Å². The molecule has 2 amide bonds. The Balaban J connectivity index is 1.96. The van der Waals surface area contributed by atoms with Crippen molar-refractivity contribution in [3.63, 3.8) is 0 Å². The normalized spacial score (nSPS) is 10.5. The Bertz CT molecular complexity index is 819. The number of carbonyl (C=O) groups is 2. The summed E-state index contributed by atoms with van der Waals surface area (Å²) in [6.45, 7) is 7.84. The highest BCUT2D eigenvalue weighted by Crippen LogP contribution is 2.20. The van der Waals surface area contributed by atoms with Gasteiger partial charge < -0.3 is 16.0 Å². The molecule has 0 aliphatic carbocycles. The Hall–Kier alpha value is -2.34. The standard InChI is InChI=1S/C20H24BrN3O2/c1-12(2)23-20(26)15-5-7-17(13(3)9-15)22-11-19(25)24-18-8-6-16(21)10-14(18)4/h5-10,12,22H,11H2,1-4H3,(H,23,26)(H,24,25). The number of anilines is 2. The second-order valence-electron chi connectivity index (χ2n) is 6.52. The number of nitrogens with one attached hydrogen (secondary N) is 3. The van der Waals surface area contributed by atoms with Gasteiger partial charge in [0.25, 0.3) is 5.91 Å². The Kier molecular flexibility index (Phi) is 6.80. The van der Waals surface area contributed by atoms with Gasteiger partial charge >= 0.3 is 0 Å². The van der Waals surface area contributed by atoms with Gasteiger partial charge in [-0.2, -0.15) is 0 Å². The lowest BCUT2D eigenvalue weighted by Gasteiger charge is -2.13. The summed E-state index contributed by atoms with van der Waals surface area (Å²) in [4.78, 5) is 24.2. The van der Waals surface area contributed by atoms with Gasteiger partial charge in [0.15, 0.2) is 0 Å². The van der Waals surface area contributed by atoms with Gasteiger partial charge in [-0.25, -0.2) is 0 Å². The molecule has 5 nitrogen and oxygen atoms in total. The van der Waals surface area contributed by atoms with Gasteiger partial charge in [0, 0.05) is 27.5 Å². The first kappa shape index (κ1) is 20.0. The zero-order valence-corrected chi connectivity index (χ0v) is 17.0. The van der Waals surface area contributed by atoms with E-state index in [-0.39, 0.29) is 24.4 Å². The summed E-state index contributed by atoms with van der Waals surface area (Å²) in [5.41, 5.74) is 4.13. The van der Waals surface area contributed by atoms with Gasteiger partial charge in [-0.1, -0.05) is 15.9 Å². The molecular formula is C20H24BrN3O2. The van der Waals surface area contributed by atoms with E-state index in [9.17, 15) is 9.59 Å². The van der Waals surface area contributed by atoms with Crippen molar-refractivity contribution in [3.8, 4) is 0 Å². The minimum atomic E-state index is -0.128. The van der Waals surface area contributed by atoms with Gasteiger partial charge in [0.1, 0.15) is 0 Å². The molecule has 0 aliphatic rings. The number of carbonyl (C=O) groups excluding carboxylic acids is 2. The van der Waals surface area contributed by atoms with Crippen LogP contribution in [0.2, 0.25) is 0 Å². The Morgan fingerprint density at radius 1 is 1.00 bits per heavy atom. The maximum absolute atomic E-state index is 12.2. The third-order valence-corrected chi connectivity index (χ3v) is 4.30. The predicted octanol–water partition coefficient (Wildman–Crippen LogP) is 4.25. The molecule has 138 valence electrons. The van der Waals surface area contributed by atoms with Crippen LogP contribution in [0, 0.1) is 13.8 Å². The summed E-state index contributed by atoms with van der Waals surface area (Å²) in [5.74, 6) is -0.227. The van der Waals surface area contributed by atoms with Crippen molar-refractivity contribution >= 4 is 39.1 Å². The molecule has 26 heavy (non-hydrogen) atoms. The van der Waals surface area contributed by atoms with Crippen LogP contribution in [0.3, 0.4) is 0 Å². The van der Waals surface area contributed by atoms with Gasteiger partial charge in [0.2, 0.25) is 5.91 Å². The van der Waals surface area contributed by atoms with Crippen LogP contribution < -0.4 is 16.0 Å². The maximum Gasteiger partial charge on any atom is 0.251 e. The van der Waals surface area contributed by atoms with Gasteiger partial charge in [-0.05, 0) is 75.2 Å². The number of rotatable bonds is 6. The van der Waals surface area contributed by atoms with Gasteiger partial charge in [-0.15, -0.1) is 0 Å². The van der Waals surface area contributed by atoms with E-state index in [0.29, 0.717) is 5.56 Å². The predicted molar refractivity (Wildman–Crippen MR) is 110 cm³/mol. The number of hydrogen-bond acceptors (Lipinski definition) is 3. The molecule has 0 aromatic heterocycles. The van der Waals surface area contributed by atoms with Crippen LogP contribution in [0.25, 0.3) is 0 Å². The molecule has 0 saturated heterocycles. The maximum atomic E-state index is 12.2.